The van der Waals surface area contributed by atoms with Gasteiger partial charge in [-0.25, -0.2) is 4.79 Å². The second-order valence-electron chi connectivity index (χ2n) is 8.03. The highest BCUT2D eigenvalue weighted by Gasteiger charge is 2.22. The highest BCUT2D eigenvalue weighted by Crippen LogP contribution is 2.18. The van der Waals surface area contributed by atoms with Gasteiger partial charge in [-0.1, -0.05) is 31.2 Å². The Balaban J connectivity index is 1.40. The molecule has 6 nitrogen and oxygen atoms in total. The second kappa shape index (κ2) is 8.78. The molecule has 0 radical (unpaired) electrons. The van der Waals surface area contributed by atoms with Gasteiger partial charge in [0.15, 0.2) is 0 Å². The van der Waals surface area contributed by atoms with Gasteiger partial charge < -0.3 is 9.80 Å². The van der Waals surface area contributed by atoms with E-state index >= 15 is 0 Å². The number of hydrogen-bond donors (Lipinski definition) is 0. The third kappa shape index (κ3) is 3.99. The van der Waals surface area contributed by atoms with Crippen LogP contribution >= 0.6 is 0 Å². The molecule has 0 atom stereocenters. The third-order valence-corrected chi connectivity index (χ3v) is 5.92. The van der Waals surface area contributed by atoms with Crippen LogP contribution in [-0.2, 0) is 17.9 Å². The topological polar surface area (TPSA) is 50.5 Å². The van der Waals surface area contributed by atoms with Crippen LogP contribution in [0.15, 0.2) is 53.3 Å². The summed E-state index contributed by atoms with van der Waals surface area (Å²) in [5.41, 5.74) is 4.31. The highest BCUT2D eigenvalue weighted by atomic mass is 16.2. The van der Waals surface area contributed by atoms with Gasteiger partial charge in [-0.15, -0.1) is 0 Å². The van der Waals surface area contributed by atoms with Crippen LogP contribution in [0.3, 0.4) is 0 Å². The van der Waals surface area contributed by atoms with Gasteiger partial charge in [0.05, 0.1) is 11.0 Å². The first kappa shape index (κ1) is 20.3. The Hall–Kier alpha value is -3.02. The number of anilines is 1. The average Bonchev–Trinajstić information content (AvgIpc) is 3.03. The summed E-state index contributed by atoms with van der Waals surface area (Å²) in [6.45, 7) is 8.41. The zero-order valence-corrected chi connectivity index (χ0v) is 17.9. The van der Waals surface area contributed by atoms with Crippen molar-refractivity contribution >= 4 is 22.6 Å². The lowest BCUT2D eigenvalue weighted by molar-refractivity contribution is -0.131. The predicted molar refractivity (Wildman–Crippen MR) is 121 cm³/mol. The molecule has 30 heavy (non-hydrogen) atoms. The molecule has 4 rings (SSSR count). The van der Waals surface area contributed by atoms with Crippen LogP contribution in [0.1, 0.15) is 25.3 Å². The van der Waals surface area contributed by atoms with Crippen molar-refractivity contribution in [2.24, 2.45) is 0 Å². The third-order valence-electron chi connectivity index (χ3n) is 5.92. The summed E-state index contributed by atoms with van der Waals surface area (Å²) >= 11 is 0. The predicted octanol–water partition coefficient (Wildman–Crippen LogP) is 3.26. The molecular formula is C24H30N4O2. The van der Waals surface area contributed by atoms with Gasteiger partial charge in [0.2, 0.25) is 5.91 Å². The van der Waals surface area contributed by atoms with Gasteiger partial charge in [-0.3, -0.25) is 13.9 Å². The number of piperazine rings is 1. The Bertz CT molecular complexity index is 1090. The van der Waals surface area contributed by atoms with E-state index in [9.17, 15) is 9.59 Å². The van der Waals surface area contributed by atoms with Crippen molar-refractivity contribution in [3.8, 4) is 0 Å². The lowest BCUT2D eigenvalue weighted by atomic mass is 10.2. The van der Waals surface area contributed by atoms with Crippen LogP contribution in [0, 0.1) is 6.92 Å². The SMILES string of the molecule is CCCn1c(=O)n(CCC(=O)N2CCN(c3cccc(C)c3)CC2)c2ccccc21. The van der Waals surface area contributed by atoms with Gasteiger partial charge in [-0.05, 0) is 43.2 Å². The van der Waals surface area contributed by atoms with Crippen molar-refractivity contribution in [1.29, 1.82) is 0 Å². The lowest BCUT2D eigenvalue weighted by Crippen LogP contribution is -2.49. The zero-order chi connectivity index (χ0) is 21.1. The van der Waals surface area contributed by atoms with Crippen LogP contribution in [-0.4, -0.2) is 46.1 Å². The molecule has 0 unspecified atom stereocenters. The molecule has 0 spiro atoms. The number of nitrogens with zero attached hydrogens (tertiary/aromatic N) is 4. The first-order valence-electron chi connectivity index (χ1n) is 10.9. The quantitative estimate of drug-likeness (QED) is 0.631. The van der Waals surface area contributed by atoms with E-state index in [1.54, 1.807) is 4.57 Å². The van der Waals surface area contributed by atoms with Crippen molar-refractivity contribution in [3.05, 3.63) is 64.6 Å². The van der Waals surface area contributed by atoms with Crippen LogP contribution in [0.2, 0.25) is 0 Å². The van der Waals surface area contributed by atoms with E-state index in [-0.39, 0.29) is 11.6 Å². The van der Waals surface area contributed by atoms with Crippen molar-refractivity contribution in [2.45, 2.75) is 39.8 Å². The Morgan fingerprint density at radius 2 is 1.57 bits per heavy atom. The molecule has 1 aliphatic heterocycles. The zero-order valence-electron chi connectivity index (χ0n) is 17.9. The summed E-state index contributed by atoms with van der Waals surface area (Å²) in [5.74, 6) is 0.123. The molecule has 1 amide bonds. The number of amides is 1. The standard InChI is InChI=1S/C24H30N4O2/c1-3-12-27-21-9-4-5-10-22(21)28(24(27)30)13-11-23(29)26-16-14-25(15-17-26)20-8-6-7-19(2)18-20/h4-10,18H,3,11-17H2,1-2H3. The smallest absolute Gasteiger partial charge is 0.329 e. The molecule has 0 bridgehead atoms. The summed E-state index contributed by atoms with van der Waals surface area (Å²) in [6, 6.07) is 16.3. The molecule has 0 saturated carbocycles. The van der Waals surface area contributed by atoms with Crippen LogP contribution in [0.5, 0.6) is 0 Å². The Morgan fingerprint density at radius 1 is 0.900 bits per heavy atom. The van der Waals surface area contributed by atoms with Crippen LogP contribution in [0.4, 0.5) is 5.69 Å². The molecule has 0 aliphatic carbocycles. The number of para-hydroxylation sites is 2. The fourth-order valence-corrected chi connectivity index (χ4v) is 4.33. The number of hydrogen-bond acceptors (Lipinski definition) is 3. The van der Waals surface area contributed by atoms with E-state index in [2.05, 4.69) is 43.0 Å². The number of benzene rings is 2. The van der Waals surface area contributed by atoms with E-state index in [0.717, 1.165) is 43.6 Å². The summed E-state index contributed by atoms with van der Waals surface area (Å²) in [7, 11) is 0. The van der Waals surface area contributed by atoms with E-state index in [1.807, 2.05) is 33.7 Å². The summed E-state index contributed by atoms with van der Waals surface area (Å²) in [4.78, 5) is 30.0. The highest BCUT2D eigenvalue weighted by molar-refractivity contribution is 5.78. The first-order chi connectivity index (χ1) is 14.6. The van der Waals surface area contributed by atoms with E-state index in [0.29, 0.717) is 19.5 Å². The normalized spacial score (nSPS) is 14.5. The molecule has 2 aromatic carbocycles. The van der Waals surface area contributed by atoms with Crippen molar-refractivity contribution in [1.82, 2.24) is 14.0 Å². The number of carbonyl (C=O) groups excluding carboxylic acids is 1. The van der Waals surface area contributed by atoms with Crippen molar-refractivity contribution in [3.63, 3.8) is 0 Å². The molecule has 0 N–H and O–H groups in total. The minimum Gasteiger partial charge on any atom is -0.368 e. The molecule has 1 aliphatic rings. The Morgan fingerprint density at radius 3 is 2.20 bits per heavy atom. The van der Waals surface area contributed by atoms with Crippen molar-refractivity contribution in [2.75, 3.05) is 31.1 Å². The van der Waals surface area contributed by atoms with Crippen LogP contribution < -0.4 is 10.6 Å². The number of aryl methyl sites for hydroxylation is 3. The fourth-order valence-electron chi connectivity index (χ4n) is 4.33. The Labute approximate surface area is 177 Å². The van der Waals surface area contributed by atoms with E-state index < -0.39 is 0 Å². The van der Waals surface area contributed by atoms with E-state index in [1.165, 1.54) is 11.3 Å². The lowest BCUT2D eigenvalue weighted by Gasteiger charge is -2.36. The monoisotopic (exact) mass is 406 g/mol. The maximum atomic E-state index is 12.9. The summed E-state index contributed by atoms with van der Waals surface area (Å²) in [5, 5.41) is 0. The molecular weight excluding hydrogens is 376 g/mol. The van der Waals surface area contributed by atoms with E-state index in [4.69, 9.17) is 0 Å². The number of imidazole rings is 1. The number of fused-ring (bicyclic) bond motifs is 1. The van der Waals surface area contributed by atoms with Gasteiger partial charge in [0.25, 0.3) is 0 Å². The van der Waals surface area contributed by atoms with Gasteiger partial charge in [0, 0.05) is 51.4 Å². The van der Waals surface area contributed by atoms with Gasteiger partial charge in [0.1, 0.15) is 0 Å². The maximum Gasteiger partial charge on any atom is 0.329 e. The molecule has 2 heterocycles. The van der Waals surface area contributed by atoms with Gasteiger partial charge >= 0.3 is 5.69 Å². The largest absolute Gasteiger partial charge is 0.368 e. The molecule has 158 valence electrons. The molecule has 1 aromatic heterocycles. The van der Waals surface area contributed by atoms with Crippen LogP contribution in [0.25, 0.3) is 11.0 Å². The van der Waals surface area contributed by atoms with Crippen molar-refractivity contribution < 1.29 is 4.79 Å². The summed E-state index contributed by atoms with van der Waals surface area (Å²) < 4.78 is 3.58. The number of aromatic nitrogens is 2. The van der Waals surface area contributed by atoms with Gasteiger partial charge in [-0.2, -0.15) is 0 Å². The second-order valence-corrected chi connectivity index (χ2v) is 8.03. The first-order valence-corrected chi connectivity index (χ1v) is 10.9. The molecule has 1 fully saturated rings. The Kier molecular flexibility index (Phi) is 5.93. The average molecular weight is 407 g/mol. The number of carbonyl (C=O) groups is 1. The molecule has 3 aromatic rings. The molecule has 6 heteroatoms. The summed E-state index contributed by atoms with van der Waals surface area (Å²) in [6.07, 6.45) is 1.25. The maximum absolute atomic E-state index is 12.9. The minimum absolute atomic E-state index is 0.0184. The molecule has 1 saturated heterocycles. The minimum atomic E-state index is -0.0184. The fraction of sp³-hybridized carbons (Fsp3) is 0.417. The number of rotatable bonds is 6.